The summed E-state index contributed by atoms with van der Waals surface area (Å²) in [7, 11) is -0.224. The number of carbonyl (C=O) groups is 1. The molecule has 2 unspecified atom stereocenters. The lowest BCUT2D eigenvalue weighted by Crippen LogP contribution is -2.27. The molecule has 0 bridgehead atoms. The highest BCUT2D eigenvalue weighted by Gasteiger charge is 2.36. The molecule has 29 heavy (non-hydrogen) atoms. The van der Waals surface area contributed by atoms with Gasteiger partial charge in [0, 0.05) is 0 Å². The second-order valence-electron chi connectivity index (χ2n) is 8.77. The van der Waals surface area contributed by atoms with E-state index in [1.165, 1.54) is 19.3 Å². The highest BCUT2D eigenvalue weighted by molar-refractivity contribution is 7.73. The Labute approximate surface area is 177 Å². The first-order valence-electron chi connectivity index (χ1n) is 11.2. The lowest BCUT2D eigenvalue weighted by Gasteiger charge is -2.32. The van der Waals surface area contributed by atoms with Gasteiger partial charge in [0.25, 0.3) is 0 Å². The third kappa shape index (κ3) is 5.92. The van der Waals surface area contributed by atoms with E-state index in [0.29, 0.717) is 0 Å². The van der Waals surface area contributed by atoms with Gasteiger partial charge in [-0.2, -0.15) is 0 Å². The standard InChI is InChI=1S/C20H25P.C6H10O2/c1-16(2)19-14-9-15-20(19)21(17-10-5-3-6-11-17)18-12-7-4-8-13-18;7-6(8)5-3-1-2-4-5/h3-8,10-13,16,19-20H,9,14-15H2,1-2H3;5H,1-4H2,(H,7,8). The Balaban J connectivity index is 0.000000252. The Kier molecular flexibility index (Phi) is 8.30. The normalized spacial score (nSPS) is 21.9. The summed E-state index contributed by atoms with van der Waals surface area (Å²) in [4.78, 5) is 10.2. The fourth-order valence-corrected chi connectivity index (χ4v) is 8.32. The summed E-state index contributed by atoms with van der Waals surface area (Å²) >= 11 is 0. The predicted octanol–water partition coefficient (Wildman–Crippen LogP) is 6.21. The zero-order valence-electron chi connectivity index (χ0n) is 17.8. The average molecular weight is 411 g/mol. The van der Waals surface area contributed by atoms with Crippen LogP contribution in [0.3, 0.4) is 0 Å². The van der Waals surface area contributed by atoms with E-state index in [1.54, 1.807) is 10.6 Å². The van der Waals surface area contributed by atoms with Gasteiger partial charge in [0.15, 0.2) is 0 Å². The van der Waals surface area contributed by atoms with Crippen molar-refractivity contribution in [3.63, 3.8) is 0 Å². The molecule has 2 saturated carbocycles. The van der Waals surface area contributed by atoms with E-state index in [-0.39, 0.29) is 13.8 Å². The number of aliphatic carboxylic acids is 1. The molecule has 2 aliphatic carbocycles. The van der Waals surface area contributed by atoms with Crippen LogP contribution in [-0.2, 0) is 4.79 Å². The van der Waals surface area contributed by atoms with E-state index in [9.17, 15) is 4.79 Å². The fraction of sp³-hybridized carbons (Fsp3) is 0.500. The van der Waals surface area contributed by atoms with Crippen LogP contribution in [0.2, 0.25) is 0 Å². The summed E-state index contributed by atoms with van der Waals surface area (Å²) in [5.41, 5.74) is 0.852. The summed E-state index contributed by atoms with van der Waals surface area (Å²) in [6.07, 6.45) is 8.24. The SMILES string of the molecule is CC(C)C1CCCC1P(c1ccccc1)c1ccccc1.O=C(O)C1CCCC1. The third-order valence-corrected chi connectivity index (χ3v) is 9.51. The zero-order valence-corrected chi connectivity index (χ0v) is 18.7. The molecule has 0 heterocycles. The van der Waals surface area contributed by atoms with Gasteiger partial charge in [-0.25, -0.2) is 0 Å². The van der Waals surface area contributed by atoms with E-state index in [1.807, 2.05) is 0 Å². The maximum absolute atomic E-state index is 10.2. The van der Waals surface area contributed by atoms with Crippen LogP contribution in [0.15, 0.2) is 60.7 Å². The smallest absolute Gasteiger partial charge is 0.306 e. The van der Waals surface area contributed by atoms with Crippen LogP contribution < -0.4 is 10.6 Å². The molecule has 0 radical (unpaired) electrons. The molecule has 3 heteroatoms. The molecule has 0 aliphatic heterocycles. The van der Waals surface area contributed by atoms with Gasteiger partial charge in [-0.1, -0.05) is 93.8 Å². The molecule has 0 aromatic heterocycles. The van der Waals surface area contributed by atoms with Crippen molar-refractivity contribution in [3.05, 3.63) is 60.7 Å². The van der Waals surface area contributed by atoms with Gasteiger partial charge >= 0.3 is 5.97 Å². The van der Waals surface area contributed by atoms with E-state index in [4.69, 9.17) is 5.11 Å². The molecular weight excluding hydrogens is 375 g/mol. The maximum atomic E-state index is 10.2. The summed E-state index contributed by atoms with van der Waals surface area (Å²) in [5.74, 6) is 1.06. The van der Waals surface area contributed by atoms with Crippen LogP contribution >= 0.6 is 7.92 Å². The molecule has 2 atom stereocenters. The van der Waals surface area contributed by atoms with Crippen LogP contribution in [0.1, 0.15) is 58.8 Å². The van der Waals surface area contributed by atoms with Crippen LogP contribution in [-0.4, -0.2) is 16.7 Å². The van der Waals surface area contributed by atoms with Gasteiger partial charge in [0.2, 0.25) is 0 Å². The van der Waals surface area contributed by atoms with Crippen LogP contribution in [0, 0.1) is 17.8 Å². The van der Waals surface area contributed by atoms with Gasteiger partial charge in [-0.05, 0) is 61.7 Å². The van der Waals surface area contributed by atoms with Crippen molar-refractivity contribution in [1.29, 1.82) is 0 Å². The second-order valence-corrected chi connectivity index (χ2v) is 11.2. The third-order valence-electron chi connectivity index (χ3n) is 6.49. The lowest BCUT2D eigenvalue weighted by atomic mass is 9.94. The van der Waals surface area contributed by atoms with Gasteiger partial charge in [-0.15, -0.1) is 0 Å². The Morgan fingerprint density at radius 3 is 1.76 bits per heavy atom. The molecule has 2 aromatic rings. The number of carboxylic acids is 1. The van der Waals surface area contributed by atoms with Crippen molar-refractivity contribution in [3.8, 4) is 0 Å². The molecule has 2 aliphatic rings. The quantitative estimate of drug-likeness (QED) is 0.596. The number of rotatable bonds is 5. The first-order valence-corrected chi connectivity index (χ1v) is 12.6. The Morgan fingerprint density at radius 2 is 1.34 bits per heavy atom. The average Bonchev–Trinajstić information content (AvgIpc) is 3.43. The predicted molar refractivity (Wildman–Crippen MR) is 125 cm³/mol. The van der Waals surface area contributed by atoms with Crippen LogP contribution in [0.4, 0.5) is 0 Å². The van der Waals surface area contributed by atoms with E-state index in [0.717, 1.165) is 43.2 Å². The zero-order chi connectivity index (χ0) is 20.6. The molecule has 0 amide bonds. The molecule has 2 nitrogen and oxygen atoms in total. The minimum absolute atomic E-state index is 0.0185. The minimum atomic E-state index is -0.609. The summed E-state index contributed by atoms with van der Waals surface area (Å²) in [5, 5.41) is 11.5. The molecule has 1 N–H and O–H groups in total. The molecule has 2 fully saturated rings. The Morgan fingerprint density at radius 1 is 0.828 bits per heavy atom. The largest absolute Gasteiger partial charge is 0.481 e. The van der Waals surface area contributed by atoms with Crippen molar-refractivity contribution >= 4 is 24.5 Å². The molecule has 2 aromatic carbocycles. The number of benzene rings is 2. The topological polar surface area (TPSA) is 37.3 Å². The molecular formula is C26H35O2P. The first-order chi connectivity index (χ1) is 14.1. The number of hydrogen-bond donors (Lipinski definition) is 1. The maximum Gasteiger partial charge on any atom is 0.306 e. The summed E-state index contributed by atoms with van der Waals surface area (Å²) < 4.78 is 0. The van der Waals surface area contributed by atoms with Crippen molar-refractivity contribution in [2.24, 2.45) is 17.8 Å². The number of hydrogen-bond acceptors (Lipinski definition) is 1. The highest BCUT2D eigenvalue weighted by atomic mass is 31.1. The van der Waals surface area contributed by atoms with E-state index >= 15 is 0 Å². The van der Waals surface area contributed by atoms with Crippen molar-refractivity contribution in [1.82, 2.24) is 0 Å². The lowest BCUT2D eigenvalue weighted by molar-refractivity contribution is -0.141. The van der Waals surface area contributed by atoms with Gasteiger partial charge < -0.3 is 5.11 Å². The number of carboxylic acid groups (broad SMARTS) is 1. The molecule has 0 spiro atoms. The summed E-state index contributed by atoms with van der Waals surface area (Å²) in [6.45, 7) is 4.82. The highest BCUT2D eigenvalue weighted by Crippen LogP contribution is 2.51. The molecule has 4 rings (SSSR count). The molecule has 0 saturated heterocycles. The Hall–Kier alpha value is -1.66. The van der Waals surface area contributed by atoms with Crippen molar-refractivity contribution in [2.75, 3.05) is 0 Å². The Bertz CT molecular complexity index is 698. The molecule has 156 valence electrons. The minimum Gasteiger partial charge on any atom is -0.481 e. The van der Waals surface area contributed by atoms with Gasteiger partial charge in [-0.3, -0.25) is 4.79 Å². The van der Waals surface area contributed by atoms with E-state index in [2.05, 4.69) is 74.5 Å². The fourth-order valence-electron chi connectivity index (χ4n) is 4.95. The van der Waals surface area contributed by atoms with Gasteiger partial charge in [0.1, 0.15) is 0 Å². The van der Waals surface area contributed by atoms with Crippen LogP contribution in [0.25, 0.3) is 0 Å². The van der Waals surface area contributed by atoms with Crippen molar-refractivity contribution in [2.45, 2.75) is 64.5 Å². The second kappa shape index (κ2) is 10.9. The van der Waals surface area contributed by atoms with Crippen molar-refractivity contribution < 1.29 is 9.90 Å². The van der Waals surface area contributed by atoms with Crippen LogP contribution in [0.5, 0.6) is 0 Å². The summed E-state index contributed by atoms with van der Waals surface area (Å²) in [6, 6.07) is 22.4. The monoisotopic (exact) mass is 410 g/mol. The van der Waals surface area contributed by atoms with E-state index < -0.39 is 5.97 Å². The van der Waals surface area contributed by atoms with Gasteiger partial charge in [0.05, 0.1) is 5.92 Å². The first kappa shape index (κ1) is 22.0.